The van der Waals surface area contributed by atoms with Crippen LogP contribution in [0.25, 0.3) is 5.76 Å². The van der Waals surface area contributed by atoms with E-state index in [9.17, 15) is 23.9 Å². The van der Waals surface area contributed by atoms with E-state index in [1.807, 2.05) is 13.8 Å². The van der Waals surface area contributed by atoms with E-state index in [4.69, 9.17) is 9.47 Å². The number of rotatable bonds is 7. The minimum atomic E-state index is -1.10. The second-order valence-electron chi connectivity index (χ2n) is 8.85. The number of benzene rings is 2. The van der Waals surface area contributed by atoms with Crippen molar-refractivity contribution in [3.8, 4) is 5.75 Å². The number of hydrogen-bond acceptors (Lipinski definition) is 8. The first-order valence-corrected chi connectivity index (χ1v) is 12.3. The molecule has 37 heavy (non-hydrogen) atoms. The summed E-state index contributed by atoms with van der Waals surface area (Å²) in [5, 5.41) is 11.3. The summed E-state index contributed by atoms with van der Waals surface area (Å²) in [6.07, 6.45) is 0. The van der Waals surface area contributed by atoms with Crippen LogP contribution in [0.5, 0.6) is 5.75 Å². The molecule has 1 aliphatic rings. The van der Waals surface area contributed by atoms with E-state index in [1.54, 1.807) is 31.2 Å². The van der Waals surface area contributed by atoms with Crippen LogP contribution in [0.2, 0.25) is 0 Å². The summed E-state index contributed by atoms with van der Waals surface area (Å²) in [6, 6.07) is 10.6. The Balaban J connectivity index is 1.83. The number of Topliss-reactive ketones (excluding diaryl/α,β-unsaturated/α-hetero) is 1. The maximum absolute atomic E-state index is 13.7. The highest BCUT2D eigenvalue weighted by atomic mass is 32.1. The van der Waals surface area contributed by atoms with E-state index in [2.05, 4.69) is 4.98 Å². The second kappa shape index (κ2) is 10.5. The van der Waals surface area contributed by atoms with Crippen molar-refractivity contribution in [1.29, 1.82) is 0 Å². The molecule has 1 aromatic heterocycles. The summed E-state index contributed by atoms with van der Waals surface area (Å²) >= 11 is 0.888. The van der Waals surface area contributed by atoms with Crippen LogP contribution in [0.3, 0.4) is 0 Å². The quantitative estimate of drug-likeness (QED) is 0.200. The third-order valence-corrected chi connectivity index (χ3v) is 6.84. The summed E-state index contributed by atoms with van der Waals surface area (Å²) in [6.45, 7) is 6.14. The number of methoxy groups -OCH3 is 1. The number of ketones is 1. The Morgan fingerprint density at radius 3 is 2.38 bits per heavy atom. The molecule has 1 aliphatic heterocycles. The third kappa shape index (κ3) is 5.10. The molecule has 3 aromatic rings. The molecule has 10 heteroatoms. The Labute approximate surface area is 217 Å². The van der Waals surface area contributed by atoms with Crippen molar-refractivity contribution in [3.63, 3.8) is 0 Å². The number of aliphatic hydroxyl groups is 1. The van der Waals surface area contributed by atoms with Gasteiger partial charge in [-0.15, -0.1) is 0 Å². The van der Waals surface area contributed by atoms with Crippen LogP contribution < -0.4 is 9.64 Å². The van der Waals surface area contributed by atoms with E-state index >= 15 is 0 Å². The molecule has 4 rings (SSSR count). The number of carbonyl (C=O) groups excluding carboxylic acids is 3. The highest BCUT2D eigenvalue weighted by Crippen LogP contribution is 2.44. The van der Waals surface area contributed by atoms with Crippen LogP contribution >= 0.6 is 11.3 Å². The number of nitrogens with zero attached hydrogens (tertiary/aromatic N) is 2. The lowest BCUT2D eigenvalue weighted by Gasteiger charge is -2.23. The Bertz CT molecular complexity index is 1380. The van der Waals surface area contributed by atoms with Crippen molar-refractivity contribution in [1.82, 2.24) is 4.98 Å². The summed E-state index contributed by atoms with van der Waals surface area (Å²) in [5.41, 5.74) is 0.822. The fourth-order valence-electron chi connectivity index (χ4n) is 3.89. The number of halogens is 1. The van der Waals surface area contributed by atoms with Gasteiger partial charge in [0, 0.05) is 5.56 Å². The van der Waals surface area contributed by atoms with Crippen molar-refractivity contribution in [2.45, 2.75) is 26.8 Å². The Morgan fingerprint density at radius 1 is 1.14 bits per heavy atom. The average Bonchev–Trinajstić information content (AvgIpc) is 3.39. The molecule has 0 radical (unpaired) electrons. The number of carbonyl (C=O) groups is 3. The predicted octanol–water partition coefficient (Wildman–Crippen LogP) is 5.04. The van der Waals surface area contributed by atoms with Crippen molar-refractivity contribution in [2.75, 3.05) is 18.6 Å². The van der Waals surface area contributed by atoms with Crippen molar-refractivity contribution in [3.05, 3.63) is 81.6 Å². The van der Waals surface area contributed by atoms with E-state index in [1.165, 1.54) is 31.4 Å². The van der Waals surface area contributed by atoms with Gasteiger partial charge in [-0.25, -0.2) is 14.2 Å². The van der Waals surface area contributed by atoms with Gasteiger partial charge in [0.05, 0.1) is 31.0 Å². The van der Waals surface area contributed by atoms with E-state index in [0.29, 0.717) is 35.1 Å². The molecular weight excluding hydrogens is 499 g/mol. The van der Waals surface area contributed by atoms with Gasteiger partial charge in [-0.05, 0) is 54.8 Å². The molecule has 0 aliphatic carbocycles. The lowest BCUT2D eigenvalue weighted by Crippen LogP contribution is -2.29. The normalized spacial score (nSPS) is 16.9. The van der Waals surface area contributed by atoms with Crippen LogP contribution in [0, 0.1) is 18.7 Å². The molecule has 192 valence electrons. The van der Waals surface area contributed by atoms with Crippen LogP contribution in [-0.2, 0) is 14.3 Å². The number of ether oxygens (including phenoxy) is 2. The zero-order chi connectivity index (χ0) is 26.9. The monoisotopic (exact) mass is 524 g/mol. The first kappa shape index (κ1) is 26.0. The largest absolute Gasteiger partial charge is 0.507 e. The van der Waals surface area contributed by atoms with Gasteiger partial charge in [0.25, 0.3) is 5.78 Å². The number of aryl methyl sites for hydroxylation is 1. The van der Waals surface area contributed by atoms with Gasteiger partial charge < -0.3 is 14.6 Å². The zero-order valence-electron chi connectivity index (χ0n) is 20.6. The molecule has 1 amide bonds. The molecule has 8 nitrogen and oxygen atoms in total. The number of anilines is 1. The van der Waals surface area contributed by atoms with Crippen molar-refractivity contribution >= 4 is 39.9 Å². The van der Waals surface area contributed by atoms with E-state index < -0.39 is 35.3 Å². The van der Waals surface area contributed by atoms with Crippen LogP contribution in [0.4, 0.5) is 9.52 Å². The summed E-state index contributed by atoms with van der Waals surface area (Å²) in [7, 11) is 1.23. The van der Waals surface area contributed by atoms with Gasteiger partial charge in [-0.3, -0.25) is 14.5 Å². The van der Waals surface area contributed by atoms with Crippen LogP contribution in [0.15, 0.2) is 54.1 Å². The van der Waals surface area contributed by atoms with Gasteiger partial charge >= 0.3 is 11.9 Å². The van der Waals surface area contributed by atoms with Crippen LogP contribution in [-0.4, -0.2) is 41.5 Å². The predicted molar refractivity (Wildman–Crippen MR) is 136 cm³/mol. The van der Waals surface area contributed by atoms with Crippen molar-refractivity contribution < 1.29 is 33.4 Å². The summed E-state index contributed by atoms with van der Waals surface area (Å²) in [4.78, 5) is 44.3. The highest BCUT2D eigenvalue weighted by molar-refractivity contribution is 7.17. The Hall–Kier alpha value is -4.05. The molecule has 0 spiro atoms. The molecule has 2 aromatic carbocycles. The lowest BCUT2D eigenvalue weighted by atomic mass is 9.95. The van der Waals surface area contributed by atoms with E-state index in [0.717, 1.165) is 16.2 Å². The number of thiazole rings is 1. The second-order valence-corrected chi connectivity index (χ2v) is 9.83. The van der Waals surface area contributed by atoms with E-state index in [-0.39, 0.29) is 15.6 Å². The molecular formula is C27H25FN2O6S. The summed E-state index contributed by atoms with van der Waals surface area (Å²) < 4.78 is 24.2. The fourth-order valence-corrected chi connectivity index (χ4v) is 4.90. The third-order valence-electron chi connectivity index (χ3n) is 5.70. The van der Waals surface area contributed by atoms with Gasteiger partial charge in [0.2, 0.25) is 0 Å². The number of hydrogen-bond donors (Lipinski definition) is 1. The summed E-state index contributed by atoms with van der Waals surface area (Å²) in [5.74, 6) is -2.47. The van der Waals surface area contributed by atoms with Gasteiger partial charge in [-0.2, -0.15) is 0 Å². The first-order chi connectivity index (χ1) is 17.6. The zero-order valence-corrected chi connectivity index (χ0v) is 21.5. The maximum atomic E-state index is 13.7. The minimum Gasteiger partial charge on any atom is -0.507 e. The number of amides is 1. The minimum absolute atomic E-state index is 0.0748. The number of aromatic nitrogens is 1. The Kier molecular flexibility index (Phi) is 7.40. The molecule has 0 bridgehead atoms. The highest BCUT2D eigenvalue weighted by Gasteiger charge is 2.48. The smallest absolute Gasteiger partial charge is 0.350 e. The van der Waals surface area contributed by atoms with Crippen molar-refractivity contribution in [2.24, 2.45) is 5.92 Å². The van der Waals surface area contributed by atoms with Gasteiger partial charge in [-0.1, -0.05) is 37.3 Å². The molecule has 1 unspecified atom stereocenters. The van der Waals surface area contributed by atoms with Crippen LogP contribution in [0.1, 0.15) is 46.4 Å². The molecule has 2 heterocycles. The molecule has 1 fully saturated rings. The maximum Gasteiger partial charge on any atom is 0.350 e. The average molecular weight is 525 g/mol. The fraction of sp³-hybridized carbons (Fsp3) is 0.259. The van der Waals surface area contributed by atoms with Gasteiger partial charge in [0.1, 0.15) is 22.2 Å². The molecule has 1 N–H and O–H groups in total. The molecule has 1 saturated heterocycles. The Morgan fingerprint density at radius 2 is 1.78 bits per heavy atom. The first-order valence-electron chi connectivity index (χ1n) is 11.5. The number of esters is 1. The molecule has 1 atom stereocenters. The lowest BCUT2D eigenvalue weighted by molar-refractivity contribution is -0.132. The number of aliphatic hydroxyl groups excluding tert-OH is 1. The van der Waals surface area contributed by atoms with Gasteiger partial charge in [0.15, 0.2) is 5.13 Å². The molecule has 0 saturated carbocycles. The SMILES string of the molecule is COC(=O)c1sc(N2C(=O)C(=O)/C(=C(/O)c3ccc(OCC(C)C)cc3)C2c2ccc(F)cc2)nc1C. The topological polar surface area (TPSA) is 106 Å². The standard InChI is InChI=1S/C27H25FN2O6S/c1-14(2)13-36-19-11-7-17(8-12-19)22(31)20-21(16-5-9-18(28)10-6-16)30(25(33)23(20)32)27-29-15(3)24(37-27)26(34)35-4/h5-12,14,21,31H,13H2,1-4H3/b22-20+.